The van der Waals surface area contributed by atoms with Gasteiger partial charge in [-0.3, -0.25) is 4.57 Å². The number of fused-ring (bicyclic) bond motifs is 1. The van der Waals surface area contributed by atoms with Gasteiger partial charge in [-0.15, -0.1) is 0 Å². The SMILES string of the molecule is Cc1ccc2nc(N)n(-c3ccc(C)c(N(C)C)c3)c2c1. The van der Waals surface area contributed by atoms with Crippen molar-refractivity contribution in [2.24, 2.45) is 0 Å². The van der Waals surface area contributed by atoms with E-state index in [1.807, 2.05) is 24.7 Å². The molecule has 2 aromatic carbocycles. The molecular weight excluding hydrogens is 260 g/mol. The number of aromatic nitrogens is 2. The summed E-state index contributed by atoms with van der Waals surface area (Å²) in [5.41, 5.74) is 12.8. The first-order chi connectivity index (χ1) is 9.97. The average molecular weight is 280 g/mol. The smallest absolute Gasteiger partial charge is 0.205 e. The Bertz CT molecular complexity index is 815. The largest absolute Gasteiger partial charge is 0.377 e. The lowest BCUT2D eigenvalue weighted by atomic mass is 10.1. The lowest BCUT2D eigenvalue weighted by Crippen LogP contribution is -2.11. The second-order valence-corrected chi connectivity index (χ2v) is 5.66. The number of benzene rings is 2. The van der Waals surface area contributed by atoms with Gasteiger partial charge in [0, 0.05) is 19.8 Å². The highest BCUT2D eigenvalue weighted by Gasteiger charge is 2.12. The Balaban J connectivity index is 2.27. The Morgan fingerprint density at radius 1 is 1.05 bits per heavy atom. The molecule has 0 aliphatic heterocycles. The summed E-state index contributed by atoms with van der Waals surface area (Å²) in [6, 6.07) is 12.5. The Morgan fingerprint density at radius 2 is 1.81 bits per heavy atom. The first-order valence-corrected chi connectivity index (χ1v) is 7.00. The highest BCUT2D eigenvalue weighted by atomic mass is 15.2. The Kier molecular flexibility index (Phi) is 3.09. The van der Waals surface area contributed by atoms with E-state index in [9.17, 15) is 0 Å². The van der Waals surface area contributed by atoms with Gasteiger partial charge in [0.1, 0.15) is 0 Å². The molecule has 4 heteroatoms. The number of hydrogen-bond donors (Lipinski definition) is 1. The fourth-order valence-corrected chi connectivity index (χ4v) is 2.69. The zero-order valence-electron chi connectivity index (χ0n) is 12.9. The van der Waals surface area contributed by atoms with Crippen LogP contribution in [-0.2, 0) is 0 Å². The number of nitrogens with zero attached hydrogens (tertiary/aromatic N) is 3. The molecule has 21 heavy (non-hydrogen) atoms. The van der Waals surface area contributed by atoms with Gasteiger partial charge in [0.2, 0.25) is 5.95 Å². The maximum absolute atomic E-state index is 6.14. The van der Waals surface area contributed by atoms with E-state index in [0.29, 0.717) is 5.95 Å². The Hall–Kier alpha value is -2.49. The van der Waals surface area contributed by atoms with Crippen LogP contribution in [0.2, 0.25) is 0 Å². The van der Waals surface area contributed by atoms with Crippen LogP contribution in [0.15, 0.2) is 36.4 Å². The predicted octanol–water partition coefficient (Wildman–Crippen LogP) is 3.29. The molecule has 0 atom stereocenters. The minimum Gasteiger partial charge on any atom is -0.377 e. The van der Waals surface area contributed by atoms with Crippen molar-refractivity contribution < 1.29 is 0 Å². The highest BCUT2D eigenvalue weighted by molar-refractivity contribution is 5.82. The minimum atomic E-state index is 0.518. The normalized spacial score (nSPS) is 11.0. The molecule has 3 rings (SSSR count). The molecule has 4 nitrogen and oxygen atoms in total. The van der Waals surface area contributed by atoms with E-state index < -0.39 is 0 Å². The van der Waals surface area contributed by atoms with E-state index in [1.54, 1.807) is 0 Å². The van der Waals surface area contributed by atoms with E-state index in [2.05, 4.69) is 54.1 Å². The van der Waals surface area contributed by atoms with Gasteiger partial charge in [0.25, 0.3) is 0 Å². The number of rotatable bonds is 2. The van der Waals surface area contributed by atoms with Crippen molar-refractivity contribution >= 4 is 22.7 Å². The molecule has 0 aliphatic carbocycles. The summed E-state index contributed by atoms with van der Waals surface area (Å²) in [7, 11) is 4.09. The molecule has 108 valence electrons. The quantitative estimate of drug-likeness (QED) is 0.783. The van der Waals surface area contributed by atoms with Crippen LogP contribution in [0, 0.1) is 13.8 Å². The molecule has 0 fully saturated rings. The van der Waals surface area contributed by atoms with Crippen molar-refractivity contribution in [1.29, 1.82) is 0 Å². The van der Waals surface area contributed by atoms with Crippen molar-refractivity contribution in [1.82, 2.24) is 9.55 Å². The molecule has 0 radical (unpaired) electrons. The Labute approximate surface area is 124 Å². The van der Waals surface area contributed by atoms with Gasteiger partial charge in [0.15, 0.2) is 0 Å². The van der Waals surface area contributed by atoms with Crippen LogP contribution < -0.4 is 10.6 Å². The highest BCUT2D eigenvalue weighted by Crippen LogP contribution is 2.27. The number of hydrogen-bond acceptors (Lipinski definition) is 3. The summed E-state index contributed by atoms with van der Waals surface area (Å²) in [6.45, 7) is 4.19. The van der Waals surface area contributed by atoms with E-state index in [4.69, 9.17) is 5.73 Å². The summed E-state index contributed by atoms with van der Waals surface area (Å²) in [4.78, 5) is 6.57. The lowest BCUT2D eigenvalue weighted by molar-refractivity contribution is 1.07. The number of imidazole rings is 1. The molecule has 0 bridgehead atoms. The maximum Gasteiger partial charge on any atom is 0.205 e. The molecular formula is C17H20N4. The monoisotopic (exact) mass is 280 g/mol. The van der Waals surface area contributed by atoms with Crippen LogP contribution in [0.4, 0.5) is 11.6 Å². The standard InChI is InChI=1S/C17H20N4/c1-11-5-8-14-16(9-11)21(17(18)19-14)13-7-6-12(2)15(10-13)20(3)4/h5-10H,1-4H3,(H2,18,19). The van der Waals surface area contributed by atoms with E-state index in [1.165, 1.54) is 16.8 Å². The summed E-state index contributed by atoms with van der Waals surface area (Å²) >= 11 is 0. The topological polar surface area (TPSA) is 47.1 Å². The summed E-state index contributed by atoms with van der Waals surface area (Å²) < 4.78 is 2.01. The zero-order chi connectivity index (χ0) is 15.1. The second kappa shape index (κ2) is 4.81. The van der Waals surface area contributed by atoms with Crippen molar-refractivity contribution in [3.05, 3.63) is 47.5 Å². The molecule has 3 aromatic rings. The third kappa shape index (κ3) is 2.23. The molecule has 0 saturated heterocycles. The number of nitrogens with two attached hydrogens (primary N) is 1. The first kappa shape index (κ1) is 13.5. The minimum absolute atomic E-state index is 0.518. The van der Waals surface area contributed by atoms with Gasteiger partial charge >= 0.3 is 0 Å². The van der Waals surface area contributed by atoms with Gasteiger partial charge in [-0.2, -0.15) is 0 Å². The number of anilines is 2. The lowest BCUT2D eigenvalue weighted by Gasteiger charge is -2.17. The Morgan fingerprint density at radius 3 is 2.52 bits per heavy atom. The van der Waals surface area contributed by atoms with Gasteiger partial charge in [-0.25, -0.2) is 4.98 Å². The van der Waals surface area contributed by atoms with E-state index in [0.717, 1.165) is 16.7 Å². The van der Waals surface area contributed by atoms with E-state index in [-0.39, 0.29) is 0 Å². The van der Waals surface area contributed by atoms with Crippen molar-refractivity contribution in [3.8, 4) is 5.69 Å². The van der Waals surface area contributed by atoms with Crippen LogP contribution in [0.3, 0.4) is 0 Å². The average Bonchev–Trinajstić information content (AvgIpc) is 2.74. The van der Waals surface area contributed by atoms with Crippen molar-refractivity contribution in [3.63, 3.8) is 0 Å². The third-order valence-corrected chi connectivity index (χ3v) is 3.77. The number of nitrogen functional groups attached to an aromatic ring is 1. The van der Waals surface area contributed by atoms with Crippen LogP contribution in [0.1, 0.15) is 11.1 Å². The van der Waals surface area contributed by atoms with Gasteiger partial charge < -0.3 is 10.6 Å². The second-order valence-electron chi connectivity index (χ2n) is 5.66. The fourth-order valence-electron chi connectivity index (χ4n) is 2.69. The van der Waals surface area contributed by atoms with Crippen LogP contribution >= 0.6 is 0 Å². The molecule has 1 heterocycles. The van der Waals surface area contributed by atoms with Crippen molar-refractivity contribution in [2.45, 2.75) is 13.8 Å². The summed E-state index contributed by atoms with van der Waals surface area (Å²) in [5.74, 6) is 0.518. The number of aryl methyl sites for hydroxylation is 2. The van der Waals surface area contributed by atoms with E-state index >= 15 is 0 Å². The zero-order valence-corrected chi connectivity index (χ0v) is 12.9. The molecule has 1 aromatic heterocycles. The summed E-state index contributed by atoms with van der Waals surface area (Å²) in [6.07, 6.45) is 0. The molecule has 0 saturated carbocycles. The first-order valence-electron chi connectivity index (χ1n) is 7.00. The van der Waals surface area contributed by atoms with Crippen LogP contribution in [0.25, 0.3) is 16.7 Å². The van der Waals surface area contributed by atoms with Crippen molar-refractivity contribution in [2.75, 3.05) is 24.7 Å². The fraction of sp³-hybridized carbons (Fsp3) is 0.235. The molecule has 0 aliphatic rings. The van der Waals surface area contributed by atoms with Gasteiger partial charge in [-0.05, 0) is 49.2 Å². The van der Waals surface area contributed by atoms with Crippen LogP contribution in [-0.4, -0.2) is 23.6 Å². The maximum atomic E-state index is 6.14. The van der Waals surface area contributed by atoms with Gasteiger partial charge in [-0.1, -0.05) is 12.1 Å². The van der Waals surface area contributed by atoms with Gasteiger partial charge in [0.05, 0.1) is 16.7 Å². The molecule has 2 N–H and O–H groups in total. The molecule has 0 amide bonds. The summed E-state index contributed by atoms with van der Waals surface area (Å²) in [5, 5.41) is 0. The molecule has 0 unspecified atom stereocenters. The predicted molar refractivity (Wildman–Crippen MR) is 89.3 cm³/mol. The van der Waals surface area contributed by atoms with Crippen LogP contribution in [0.5, 0.6) is 0 Å². The third-order valence-electron chi connectivity index (χ3n) is 3.77. The molecule has 0 spiro atoms.